The summed E-state index contributed by atoms with van der Waals surface area (Å²) in [6.45, 7) is 3.96. The molecule has 0 unspecified atom stereocenters. The van der Waals surface area contributed by atoms with Crippen LogP contribution in [0.5, 0.6) is 5.75 Å². The van der Waals surface area contributed by atoms with Gasteiger partial charge in [-0.3, -0.25) is 4.79 Å². The third kappa shape index (κ3) is 2.85. The van der Waals surface area contributed by atoms with E-state index in [4.69, 9.17) is 4.52 Å². The number of aryl methyl sites for hydroxylation is 2. The minimum Gasteiger partial charge on any atom is -0.508 e. The number of benzene rings is 2. The van der Waals surface area contributed by atoms with Crippen molar-refractivity contribution in [2.75, 3.05) is 5.32 Å². The molecule has 0 saturated heterocycles. The SMILES string of the molecule is Cc1ccc([C@H]2C3=C(C[C@H](c4ccccc4O)CC3=O)Nc3onc(C)c32)cc1. The Morgan fingerprint density at radius 2 is 1.83 bits per heavy atom. The average Bonchev–Trinajstić information content (AvgIpc) is 3.08. The monoisotopic (exact) mass is 386 g/mol. The first kappa shape index (κ1) is 17.7. The van der Waals surface area contributed by atoms with Crippen molar-refractivity contribution in [2.24, 2.45) is 0 Å². The number of aromatic nitrogens is 1. The summed E-state index contributed by atoms with van der Waals surface area (Å²) >= 11 is 0. The van der Waals surface area contributed by atoms with Crippen LogP contribution in [-0.4, -0.2) is 16.0 Å². The van der Waals surface area contributed by atoms with Crippen LogP contribution in [0.15, 0.2) is 64.3 Å². The van der Waals surface area contributed by atoms with Crippen molar-refractivity contribution in [3.05, 3.63) is 87.7 Å². The number of nitrogens with zero attached hydrogens (tertiary/aromatic N) is 1. The van der Waals surface area contributed by atoms with Gasteiger partial charge in [-0.25, -0.2) is 0 Å². The number of nitrogens with one attached hydrogen (secondary N) is 1. The van der Waals surface area contributed by atoms with E-state index in [0.717, 1.165) is 33.7 Å². The number of phenolic OH excluding ortho intramolecular Hbond substituents is 1. The van der Waals surface area contributed by atoms with Gasteiger partial charge in [0.2, 0.25) is 5.88 Å². The number of rotatable bonds is 2. The number of hydrogen-bond acceptors (Lipinski definition) is 5. The van der Waals surface area contributed by atoms with Crippen molar-refractivity contribution in [1.29, 1.82) is 0 Å². The maximum absolute atomic E-state index is 13.4. The zero-order valence-electron chi connectivity index (χ0n) is 16.4. The molecule has 5 rings (SSSR count). The van der Waals surface area contributed by atoms with E-state index in [0.29, 0.717) is 18.7 Å². The number of carbonyl (C=O) groups excluding carboxylic acids is 1. The molecule has 0 spiro atoms. The normalized spacial score (nSPS) is 20.8. The first-order chi connectivity index (χ1) is 14.0. The summed E-state index contributed by atoms with van der Waals surface area (Å²) in [7, 11) is 0. The van der Waals surface area contributed by atoms with Gasteiger partial charge >= 0.3 is 0 Å². The summed E-state index contributed by atoms with van der Waals surface area (Å²) < 4.78 is 5.56. The summed E-state index contributed by atoms with van der Waals surface area (Å²) in [5.74, 6) is 0.683. The van der Waals surface area contributed by atoms with E-state index in [-0.39, 0.29) is 23.4 Å². The van der Waals surface area contributed by atoms with Crippen molar-refractivity contribution >= 4 is 11.7 Å². The average molecular weight is 386 g/mol. The quantitative estimate of drug-likeness (QED) is 0.651. The van der Waals surface area contributed by atoms with E-state index < -0.39 is 0 Å². The minimum atomic E-state index is -0.189. The molecule has 2 aromatic carbocycles. The van der Waals surface area contributed by atoms with Crippen LogP contribution < -0.4 is 5.32 Å². The molecule has 3 aromatic rings. The van der Waals surface area contributed by atoms with Crippen LogP contribution in [0.1, 0.15) is 52.6 Å². The van der Waals surface area contributed by atoms with Crippen LogP contribution in [0.4, 0.5) is 5.88 Å². The van der Waals surface area contributed by atoms with Crippen LogP contribution in [0.3, 0.4) is 0 Å². The zero-order chi connectivity index (χ0) is 20.1. The smallest absolute Gasteiger partial charge is 0.233 e. The third-order valence-electron chi connectivity index (χ3n) is 6.05. The molecule has 0 amide bonds. The van der Waals surface area contributed by atoms with E-state index in [1.165, 1.54) is 5.56 Å². The molecule has 2 heterocycles. The minimum absolute atomic E-state index is 0.0702. The standard InChI is InChI=1S/C24H22N2O3/c1-13-7-9-15(10-8-13)22-21-14(2)26-29-24(21)25-18-11-16(12-20(28)23(18)22)17-5-3-4-6-19(17)27/h3-10,16,22,25,27H,11-12H2,1-2H3/t16-,22+/m0/s1. The molecule has 0 radical (unpaired) electrons. The number of anilines is 1. The van der Waals surface area contributed by atoms with Gasteiger partial charge in [-0.05, 0) is 37.5 Å². The predicted octanol–water partition coefficient (Wildman–Crippen LogP) is 4.96. The maximum atomic E-state index is 13.4. The number of hydrogen-bond donors (Lipinski definition) is 2. The number of ketones is 1. The van der Waals surface area contributed by atoms with E-state index in [1.807, 2.05) is 19.1 Å². The van der Waals surface area contributed by atoms with E-state index in [2.05, 4.69) is 41.7 Å². The van der Waals surface area contributed by atoms with Crippen LogP contribution in [0.2, 0.25) is 0 Å². The van der Waals surface area contributed by atoms with Crippen LogP contribution in [0.25, 0.3) is 0 Å². The van der Waals surface area contributed by atoms with Gasteiger partial charge in [0.15, 0.2) is 5.78 Å². The number of fused-ring (bicyclic) bond motifs is 1. The second kappa shape index (κ2) is 6.62. The molecule has 29 heavy (non-hydrogen) atoms. The lowest BCUT2D eigenvalue weighted by molar-refractivity contribution is -0.116. The Labute approximate surface area is 169 Å². The summed E-state index contributed by atoms with van der Waals surface area (Å²) in [6.07, 6.45) is 1.01. The highest BCUT2D eigenvalue weighted by Gasteiger charge is 2.41. The summed E-state index contributed by atoms with van der Waals surface area (Å²) in [5, 5.41) is 17.8. The first-order valence-corrected chi connectivity index (χ1v) is 9.87. The lowest BCUT2D eigenvalue weighted by Gasteiger charge is -2.34. The number of carbonyl (C=O) groups is 1. The molecule has 1 aliphatic heterocycles. The Morgan fingerprint density at radius 3 is 2.59 bits per heavy atom. The second-order valence-corrected chi connectivity index (χ2v) is 7.96. The van der Waals surface area contributed by atoms with Gasteiger partial charge in [0.25, 0.3) is 0 Å². The Bertz CT molecular complexity index is 1140. The highest BCUT2D eigenvalue weighted by molar-refractivity contribution is 6.01. The van der Waals surface area contributed by atoms with E-state index in [1.54, 1.807) is 12.1 Å². The predicted molar refractivity (Wildman–Crippen MR) is 110 cm³/mol. The molecule has 5 nitrogen and oxygen atoms in total. The number of Topliss-reactive ketones (excluding diaryl/α,β-unsaturated/α-hetero) is 1. The molecule has 1 aliphatic carbocycles. The fourth-order valence-electron chi connectivity index (χ4n) is 4.62. The molecule has 146 valence electrons. The van der Waals surface area contributed by atoms with Gasteiger partial charge in [0.05, 0.1) is 11.3 Å². The van der Waals surface area contributed by atoms with Gasteiger partial charge in [0.1, 0.15) is 5.75 Å². The molecular formula is C24H22N2O3. The molecule has 0 saturated carbocycles. The van der Waals surface area contributed by atoms with Crippen molar-refractivity contribution < 1.29 is 14.4 Å². The Kier molecular flexibility index (Phi) is 4.05. The van der Waals surface area contributed by atoms with Crippen molar-refractivity contribution in [3.8, 4) is 5.75 Å². The van der Waals surface area contributed by atoms with Crippen molar-refractivity contribution in [2.45, 2.75) is 38.5 Å². The van der Waals surface area contributed by atoms with Gasteiger partial charge in [0, 0.05) is 29.5 Å². The first-order valence-electron chi connectivity index (χ1n) is 9.87. The Balaban J connectivity index is 1.63. The summed E-state index contributed by atoms with van der Waals surface area (Å²) in [5.41, 5.74) is 6.42. The molecule has 2 N–H and O–H groups in total. The molecule has 0 bridgehead atoms. The Hall–Kier alpha value is -3.34. The molecular weight excluding hydrogens is 364 g/mol. The largest absolute Gasteiger partial charge is 0.508 e. The number of allylic oxidation sites excluding steroid dienone is 2. The maximum Gasteiger partial charge on any atom is 0.233 e. The van der Waals surface area contributed by atoms with Gasteiger partial charge in [-0.15, -0.1) is 0 Å². The topological polar surface area (TPSA) is 75.4 Å². The molecule has 0 fully saturated rings. The van der Waals surface area contributed by atoms with Gasteiger partial charge in [-0.1, -0.05) is 53.2 Å². The fourth-order valence-corrected chi connectivity index (χ4v) is 4.62. The highest BCUT2D eigenvalue weighted by atomic mass is 16.5. The van der Waals surface area contributed by atoms with Crippen LogP contribution in [0, 0.1) is 13.8 Å². The zero-order valence-corrected chi connectivity index (χ0v) is 16.4. The fraction of sp³-hybridized carbons (Fsp3) is 0.250. The number of aromatic hydroxyl groups is 1. The highest BCUT2D eigenvalue weighted by Crippen LogP contribution is 2.49. The lowest BCUT2D eigenvalue weighted by Crippen LogP contribution is -2.29. The molecule has 2 aliphatic rings. The number of phenols is 1. The third-order valence-corrected chi connectivity index (χ3v) is 6.05. The second-order valence-electron chi connectivity index (χ2n) is 7.96. The lowest BCUT2D eigenvalue weighted by atomic mass is 9.72. The van der Waals surface area contributed by atoms with Crippen molar-refractivity contribution in [1.82, 2.24) is 5.16 Å². The number of para-hydroxylation sites is 1. The molecule has 5 heteroatoms. The molecule has 1 aromatic heterocycles. The van der Waals surface area contributed by atoms with Crippen LogP contribution >= 0.6 is 0 Å². The summed E-state index contributed by atoms with van der Waals surface area (Å²) in [6, 6.07) is 15.5. The van der Waals surface area contributed by atoms with Crippen LogP contribution in [-0.2, 0) is 4.79 Å². The summed E-state index contributed by atoms with van der Waals surface area (Å²) in [4.78, 5) is 13.4. The Morgan fingerprint density at radius 1 is 1.07 bits per heavy atom. The van der Waals surface area contributed by atoms with Crippen molar-refractivity contribution in [3.63, 3.8) is 0 Å². The van der Waals surface area contributed by atoms with E-state index >= 15 is 0 Å². The molecule has 2 atom stereocenters. The van der Waals surface area contributed by atoms with E-state index in [9.17, 15) is 9.90 Å². The van der Waals surface area contributed by atoms with Gasteiger partial charge in [-0.2, -0.15) is 0 Å². The van der Waals surface area contributed by atoms with Gasteiger partial charge < -0.3 is 14.9 Å².